The summed E-state index contributed by atoms with van der Waals surface area (Å²) in [6, 6.07) is 16.3. The zero-order valence-corrected chi connectivity index (χ0v) is 15.3. The number of aromatic nitrogens is 1. The highest BCUT2D eigenvalue weighted by atomic mass is 35.5. The number of thioether (sulfide) groups is 1. The van der Waals surface area contributed by atoms with Crippen LogP contribution in [0.4, 0.5) is 0 Å². The smallest absolute Gasteiger partial charge is 0.250 e. The first-order chi connectivity index (χ1) is 11.6. The monoisotopic (exact) mass is 359 g/mol. The first-order valence-corrected chi connectivity index (χ1v) is 9.39. The third-order valence-corrected chi connectivity index (χ3v) is 4.80. The second-order valence-electron chi connectivity index (χ2n) is 5.78. The van der Waals surface area contributed by atoms with Gasteiger partial charge in [-0.3, -0.25) is 0 Å². The van der Waals surface area contributed by atoms with Gasteiger partial charge in [0.1, 0.15) is 6.54 Å². The molecule has 0 saturated carbocycles. The van der Waals surface area contributed by atoms with Crippen molar-refractivity contribution in [2.75, 3.05) is 13.3 Å². The standard InChI is InChI=1S/C19H19ClN2OS/c1-22(12-14-3-9-17(24-2)10-4-14)13-19-21-11-18(23-19)15-5-7-16(20)8-6-15/h3-11H,12-13H2,1-2H3/p+1. The summed E-state index contributed by atoms with van der Waals surface area (Å²) in [5.74, 6) is 1.52. The van der Waals surface area contributed by atoms with Crippen molar-refractivity contribution in [1.82, 2.24) is 4.98 Å². The molecule has 0 radical (unpaired) electrons. The molecule has 24 heavy (non-hydrogen) atoms. The van der Waals surface area contributed by atoms with Crippen LogP contribution < -0.4 is 4.90 Å². The van der Waals surface area contributed by atoms with E-state index in [1.165, 1.54) is 15.4 Å². The molecule has 3 aromatic rings. The molecule has 2 aromatic carbocycles. The van der Waals surface area contributed by atoms with Gasteiger partial charge >= 0.3 is 0 Å². The summed E-state index contributed by atoms with van der Waals surface area (Å²) in [5.41, 5.74) is 2.30. The zero-order chi connectivity index (χ0) is 16.9. The molecule has 0 fully saturated rings. The highest BCUT2D eigenvalue weighted by molar-refractivity contribution is 7.98. The fraction of sp³-hybridized carbons (Fsp3) is 0.211. The number of nitrogens with one attached hydrogen (secondary N) is 1. The average molecular weight is 360 g/mol. The van der Waals surface area contributed by atoms with E-state index >= 15 is 0 Å². The molecule has 3 nitrogen and oxygen atoms in total. The van der Waals surface area contributed by atoms with Crippen LogP contribution in [0.5, 0.6) is 0 Å². The second-order valence-corrected chi connectivity index (χ2v) is 7.10. The van der Waals surface area contributed by atoms with Gasteiger partial charge in [-0.1, -0.05) is 23.7 Å². The third kappa shape index (κ3) is 4.41. The van der Waals surface area contributed by atoms with Crippen LogP contribution in [-0.2, 0) is 13.1 Å². The van der Waals surface area contributed by atoms with Gasteiger partial charge in [0.25, 0.3) is 5.89 Å². The minimum absolute atomic E-state index is 0.718. The van der Waals surface area contributed by atoms with Gasteiger partial charge in [-0.25, -0.2) is 4.98 Å². The van der Waals surface area contributed by atoms with E-state index in [0.29, 0.717) is 0 Å². The third-order valence-electron chi connectivity index (χ3n) is 3.80. The molecule has 124 valence electrons. The summed E-state index contributed by atoms with van der Waals surface area (Å²) in [6.07, 6.45) is 3.87. The van der Waals surface area contributed by atoms with Crippen molar-refractivity contribution in [3.63, 3.8) is 0 Å². The fourth-order valence-electron chi connectivity index (χ4n) is 2.55. The molecule has 0 aliphatic rings. The molecular formula is C19H20ClN2OS+. The number of nitrogens with zero attached hydrogens (tertiary/aromatic N) is 1. The molecule has 5 heteroatoms. The zero-order valence-electron chi connectivity index (χ0n) is 13.8. The maximum absolute atomic E-state index is 5.92. The van der Waals surface area contributed by atoms with Gasteiger partial charge in [0.05, 0.1) is 13.2 Å². The maximum Gasteiger partial charge on any atom is 0.250 e. The Morgan fingerprint density at radius 1 is 1.04 bits per heavy atom. The van der Waals surface area contributed by atoms with Gasteiger partial charge in [-0.15, -0.1) is 11.8 Å². The lowest BCUT2D eigenvalue weighted by Gasteiger charge is -2.12. The largest absolute Gasteiger partial charge is 0.435 e. The van der Waals surface area contributed by atoms with Gasteiger partial charge in [-0.05, 0) is 42.7 Å². The Hall–Kier alpha value is -1.75. The molecule has 1 atom stereocenters. The molecule has 1 N–H and O–H groups in total. The molecule has 0 aliphatic carbocycles. The lowest BCUT2D eigenvalue weighted by atomic mass is 10.2. The van der Waals surface area contributed by atoms with Crippen LogP contribution in [0.3, 0.4) is 0 Å². The number of oxazole rings is 1. The lowest BCUT2D eigenvalue weighted by molar-refractivity contribution is -0.909. The summed E-state index contributed by atoms with van der Waals surface area (Å²) in [7, 11) is 2.15. The van der Waals surface area contributed by atoms with Crippen LogP contribution in [0.25, 0.3) is 11.3 Å². The second kappa shape index (κ2) is 7.88. The van der Waals surface area contributed by atoms with Crippen molar-refractivity contribution in [2.45, 2.75) is 18.0 Å². The molecule has 1 heterocycles. The normalized spacial score (nSPS) is 12.3. The quantitative estimate of drug-likeness (QED) is 0.676. The van der Waals surface area contributed by atoms with E-state index in [-0.39, 0.29) is 0 Å². The van der Waals surface area contributed by atoms with Gasteiger partial charge < -0.3 is 9.32 Å². The number of benzene rings is 2. The molecule has 1 aromatic heterocycles. The van der Waals surface area contributed by atoms with E-state index in [9.17, 15) is 0 Å². The van der Waals surface area contributed by atoms with Gasteiger partial charge in [-0.2, -0.15) is 0 Å². The number of halogens is 1. The number of hydrogen-bond acceptors (Lipinski definition) is 3. The number of quaternary nitrogens is 1. The van der Waals surface area contributed by atoms with E-state index in [1.807, 2.05) is 24.3 Å². The van der Waals surface area contributed by atoms with Crippen molar-refractivity contribution in [1.29, 1.82) is 0 Å². The van der Waals surface area contributed by atoms with Crippen LogP contribution in [0.15, 0.2) is 64.0 Å². The number of rotatable bonds is 6. The molecule has 1 unspecified atom stereocenters. The summed E-state index contributed by atoms with van der Waals surface area (Å²) >= 11 is 7.68. The first kappa shape index (κ1) is 17.1. The van der Waals surface area contributed by atoms with Crippen LogP contribution in [0.1, 0.15) is 11.5 Å². The predicted octanol–water partition coefficient (Wildman–Crippen LogP) is 3.93. The summed E-state index contributed by atoms with van der Waals surface area (Å²) < 4.78 is 5.88. The van der Waals surface area contributed by atoms with E-state index in [1.54, 1.807) is 18.0 Å². The predicted molar refractivity (Wildman–Crippen MR) is 99.5 cm³/mol. The lowest BCUT2D eigenvalue weighted by Crippen LogP contribution is -3.06. The van der Waals surface area contributed by atoms with E-state index in [2.05, 4.69) is 42.6 Å². The molecular weight excluding hydrogens is 340 g/mol. The highest BCUT2D eigenvalue weighted by Gasteiger charge is 2.12. The molecule has 0 amide bonds. The Labute approximate surface area is 151 Å². The Kier molecular flexibility index (Phi) is 5.61. The van der Waals surface area contributed by atoms with Crippen molar-refractivity contribution < 1.29 is 9.32 Å². The van der Waals surface area contributed by atoms with Crippen molar-refractivity contribution in [3.8, 4) is 11.3 Å². The van der Waals surface area contributed by atoms with E-state index in [4.69, 9.17) is 16.0 Å². The van der Waals surface area contributed by atoms with Crippen LogP contribution in [-0.4, -0.2) is 18.3 Å². The maximum atomic E-state index is 5.92. The average Bonchev–Trinajstić information content (AvgIpc) is 3.04. The molecule has 3 rings (SSSR count). The first-order valence-electron chi connectivity index (χ1n) is 7.79. The van der Waals surface area contributed by atoms with Crippen molar-refractivity contribution >= 4 is 23.4 Å². The molecule has 0 aliphatic heterocycles. The fourth-order valence-corrected chi connectivity index (χ4v) is 3.09. The van der Waals surface area contributed by atoms with Crippen LogP contribution in [0, 0.1) is 0 Å². The summed E-state index contributed by atoms with van der Waals surface area (Å²) in [6.45, 7) is 1.69. The van der Waals surface area contributed by atoms with Gasteiger partial charge in [0, 0.05) is 21.0 Å². The number of hydrogen-bond donors (Lipinski definition) is 1. The molecule has 0 spiro atoms. The minimum atomic E-state index is 0.718. The highest BCUT2D eigenvalue weighted by Crippen LogP contribution is 2.22. The van der Waals surface area contributed by atoms with E-state index in [0.717, 1.165) is 35.3 Å². The van der Waals surface area contributed by atoms with Crippen LogP contribution >= 0.6 is 23.4 Å². The van der Waals surface area contributed by atoms with Crippen LogP contribution in [0.2, 0.25) is 5.02 Å². The summed E-state index contributed by atoms with van der Waals surface area (Å²) in [5, 5.41) is 0.718. The molecule has 0 bridgehead atoms. The van der Waals surface area contributed by atoms with Crippen molar-refractivity contribution in [2.24, 2.45) is 0 Å². The Balaban J connectivity index is 1.62. The minimum Gasteiger partial charge on any atom is -0.435 e. The van der Waals surface area contributed by atoms with Gasteiger partial charge in [0.2, 0.25) is 0 Å². The SMILES string of the molecule is CSc1ccc(C[NH+](C)Cc2ncc(-c3ccc(Cl)cc3)o2)cc1. The Morgan fingerprint density at radius 3 is 2.42 bits per heavy atom. The Bertz CT molecular complexity index is 784. The molecule has 0 saturated heterocycles. The topological polar surface area (TPSA) is 30.5 Å². The van der Waals surface area contributed by atoms with E-state index < -0.39 is 0 Å². The summed E-state index contributed by atoms with van der Waals surface area (Å²) in [4.78, 5) is 7.02. The van der Waals surface area contributed by atoms with Crippen molar-refractivity contribution in [3.05, 3.63) is 71.2 Å². The Morgan fingerprint density at radius 2 is 1.75 bits per heavy atom. The van der Waals surface area contributed by atoms with Gasteiger partial charge in [0.15, 0.2) is 12.3 Å².